The van der Waals surface area contributed by atoms with Crippen molar-refractivity contribution in [3.63, 3.8) is 0 Å². The summed E-state index contributed by atoms with van der Waals surface area (Å²) in [5, 5.41) is 21.3. The van der Waals surface area contributed by atoms with Crippen LogP contribution in [-0.4, -0.2) is 10.2 Å². The molecular formula is C35H54O2. The van der Waals surface area contributed by atoms with Gasteiger partial charge in [0, 0.05) is 0 Å². The van der Waals surface area contributed by atoms with E-state index in [0.717, 1.165) is 17.5 Å². The number of phenols is 2. The van der Waals surface area contributed by atoms with Gasteiger partial charge < -0.3 is 10.2 Å². The molecule has 2 heteroatoms. The van der Waals surface area contributed by atoms with Crippen molar-refractivity contribution < 1.29 is 10.2 Å². The predicted molar refractivity (Wildman–Crippen MR) is 159 cm³/mol. The Hall–Kier alpha value is -1.96. The van der Waals surface area contributed by atoms with Crippen molar-refractivity contribution in [2.45, 2.75) is 143 Å². The van der Waals surface area contributed by atoms with E-state index >= 15 is 0 Å². The predicted octanol–water partition coefficient (Wildman–Crippen LogP) is 10.2. The third-order valence-electron chi connectivity index (χ3n) is 8.33. The van der Waals surface area contributed by atoms with Crippen LogP contribution in [0.1, 0.15) is 152 Å². The zero-order chi connectivity index (χ0) is 27.5. The maximum absolute atomic E-state index is 10.6. The molecule has 2 N–H and O–H groups in total. The van der Waals surface area contributed by atoms with Crippen LogP contribution in [0.25, 0.3) is 0 Å². The number of rotatable bonds is 4. The fourth-order valence-electron chi connectivity index (χ4n) is 6.36. The molecule has 206 valence electrons. The van der Waals surface area contributed by atoms with Crippen molar-refractivity contribution in [2.75, 3.05) is 0 Å². The fourth-order valence-corrected chi connectivity index (χ4v) is 6.36. The number of phenolic OH excluding ortho intramolecular Hbond substituents is 2. The van der Waals surface area contributed by atoms with Gasteiger partial charge in [-0.3, -0.25) is 0 Å². The monoisotopic (exact) mass is 506 g/mol. The molecule has 2 aliphatic carbocycles. The second-order valence-corrected chi connectivity index (χ2v) is 14.4. The molecule has 2 aromatic rings. The van der Waals surface area contributed by atoms with Crippen LogP contribution in [0.2, 0.25) is 0 Å². The van der Waals surface area contributed by atoms with Gasteiger partial charge in [0.25, 0.3) is 0 Å². The quantitative estimate of drug-likeness (QED) is 0.433. The molecule has 0 spiro atoms. The van der Waals surface area contributed by atoms with Gasteiger partial charge in [-0.2, -0.15) is 0 Å². The van der Waals surface area contributed by atoms with Crippen LogP contribution >= 0.6 is 0 Å². The Morgan fingerprint density at radius 3 is 1.38 bits per heavy atom. The average Bonchev–Trinajstić information content (AvgIpc) is 3.49. The molecule has 2 nitrogen and oxygen atoms in total. The molecule has 0 amide bonds. The number of hydrogen-bond donors (Lipinski definition) is 2. The normalized spacial score (nSPS) is 17.4. The van der Waals surface area contributed by atoms with E-state index in [9.17, 15) is 10.2 Å². The lowest BCUT2D eigenvalue weighted by Gasteiger charge is -2.28. The van der Waals surface area contributed by atoms with Crippen LogP contribution in [-0.2, 0) is 17.3 Å². The van der Waals surface area contributed by atoms with E-state index in [1.807, 2.05) is 0 Å². The second-order valence-electron chi connectivity index (χ2n) is 14.4. The molecule has 0 heterocycles. The van der Waals surface area contributed by atoms with Gasteiger partial charge in [0.2, 0.25) is 0 Å². The van der Waals surface area contributed by atoms with Crippen LogP contribution in [0.15, 0.2) is 24.3 Å². The molecule has 0 unspecified atom stereocenters. The molecule has 0 radical (unpaired) electrons. The minimum absolute atomic E-state index is 0.0307. The lowest BCUT2D eigenvalue weighted by molar-refractivity contribution is 0.422. The smallest absolute Gasteiger partial charge is 0.123 e. The first-order valence-electron chi connectivity index (χ1n) is 14.9. The summed E-state index contributed by atoms with van der Waals surface area (Å²) < 4.78 is 0. The summed E-state index contributed by atoms with van der Waals surface area (Å²) in [5.41, 5.74) is 7.22. The average molecular weight is 507 g/mol. The Morgan fingerprint density at radius 1 is 0.676 bits per heavy atom. The molecule has 0 aromatic heterocycles. The highest BCUT2D eigenvalue weighted by atomic mass is 16.3. The summed E-state index contributed by atoms with van der Waals surface area (Å²) in [6, 6.07) is 8.82. The molecule has 37 heavy (non-hydrogen) atoms. The molecular weight excluding hydrogens is 452 g/mol. The molecule has 0 saturated heterocycles. The fraction of sp³-hybridized carbons (Fsp3) is 0.657. The minimum atomic E-state index is -0.0307. The van der Waals surface area contributed by atoms with E-state index in [1.165, 1.54) is 73.6 Å². The van der Waals surface area contributed by atoms with Crippen molar-refractivity contribution in [3.8, 4) is 11.5 Å². The lowest BCUT2D eigenvalue weighted by Crippen LogP contribution is -2.18. The van der Waals surface area contributed by atoms with Crippen LogP contribution in [0.5, 0.6) is 11.5 Å². The van der Waals surface area contributed by atoms with Gasteiger partial charge in [-0.25, -0.2) is 0 Å². The van der Waals surface area contributed by atoms with Crippen molar-refractivity contribution >= 4 is 0 Å². The third-order valence-corrected chi connectivity index (χ3v) is 8.33. The zero-order valence-electron chi connectivity index (χ0n) is 25.3. The topological polar surface area (TPSA) is 40.5 Å². The van der Waals surface area contributed by atoms with Crippen molar-refractivity contribution in [3.05, 3.63) is 57.6 Å². The zero-order valence-corrected chi connectivity index (χ0v) is 25.3. The number of aromatic hydroxyl groups is 2. The molecule has 2 saturated carbocycles. The maximum Gasteiger partial charge on any atom is 0.123 e. The molecule has 0 bridgehead atoms. The maximum atomic E-state index is 10.6. The van der Waals surface area contributed by atoms with Gasteiger partial charge in [0.1, 0.15) is 11.5 Å². The first-order chi connectivity index (χ1) is 17.2. The molecule has 2 aliphatic rings. The van der Waals surface area contributed by atoms with E-state index in [4.69, 9.17) is 0 Å². The Bertz CT molecular complexity index is 964. The summed E-state index contributed by atoms with van der Waals surface area (Å²) in [7, 11) is 0. The van der Waals surface area contributed by atoms with Crippen molar-refractivity contribution in [1.29, 1.82) is 0 Å². The Labute approximate surface area is 227 Å². The number of hydrogen-bond acceptors (Lipinski definition) is 2. The molecule has 0 atom stereocenters. The Kier molecular flexibility index (Phi) is 9.46. The highest BCUT2D eigenvalue weighted by molar-refractivity contribution is 5.50. The molecule has 0 aliphatic heterocycles. The second kappa shape index (κ2) is 11.8. The van der Waals surface area contributed by atoms with Gasteiger partial charge in [-0.05, 0) is 95.4 Å². The van der Waals surface area contributed by atoms with Crippen molar-refractivity contribution in [2.24, 2.45) is 5.92 Å². The van der Waals surface area contributed by atoms with Gasteiger partial charge in [0.15, 0.2) is 0 Å². The Morgan fingerprint density at radius 2 is 1.05 bits per heavy atom. The lowest BCUT2D eigenvalue weighted by atomic mass is 9.77. The molecule has 2 aromatic carbocycles. The van der Waals surface area contributed by atoms with Crippen LogP contribution in [0.4, 0.5) is 0 Å². The van der Waals surface area contributed by atoms with Crippen LogP contribution in [0.3, 0.4) is 0 Å². The largest absolute Gasteiger partial charge is 0.507 e. The van der Waals surface area contributed by atoms with E-state index in [-0.39, 0.29) is 10.8 Å². The van der Waals surface area contributed by atoms with Crippen LogP contribution < -0.4 is 0 Å². The molecule has 2 fully saturated rings. The van der Waals surface area contributed by atoms with Gasteiger partial charge in [-0.15, -0.1) is 0 Å². The number of aryl methyl sites for hydroxylation is 1. The first-order valence-corrected chi connectivity index (χ1v) is 14.9. The highest BCUT2D eigenvalue weighted by Crippen LogP contribution is 2.45. The summed E-state index contributed by atoms with van der Waals surface area (Å²) in [6.45, 7) is 19.6. The number of benzene rings is 2. The van der Waals surface area contributed by atoms with E-state index in [2.05, 4.69) is 86.6 Å². The minimum Gasteiger partial charge on any atom is -0.507 e. The first kappa shape index (κ1) is 29.6. The van der Waals surface area contributed by atoms with E-state index in [1.54, 1.807) is 0 Å². The summed E-state index contributed by atoms with van der Waals surface area (Å²) in [5.74, 6) is 2.98. The summed E-state index contributed by atoms with van der Waals surface area (Å²) >= 11 is 0. The SMILES string of the molecule is CC(C)Cc1cc(C(C)(C)C)c(O)c(C(C)(C)C)c1.Cc1cc(C2CCCC2)c(O)c(C2CCCC2)c1. The Balaban J connectivity index is 0.000000206. The van der Waals surface area contributed by atoms with E-state index < -0.39 is 0 Å². The van der Waals surface area contributed by atoms with Gasteiger partial charge in [0.05, 0.1) is 0 Å². The third kappa shape index (κ3) is 7.55. The van der Waals surface area contributed by atoms with Crippen LogP contribution in [0, 0.1) is 12.8 Å². The highest BCUT2D eigenvalue weighted by Gasteiger charge is 2.27. The summed E-state index contributed by atoms with van der Waals surface area (Å²) in [4.78, 5) is 0. The standard InChI is InChI=1S/C18H30O.C17H24O/c1-12(2)9-13-10-14(17(3,4)5)16(19)15(11-13)18(6,7)8;1-12-10-15(13-6-2-3-7-13)17(18)16(11-12)14-8-4-5-9-14/h10-12,19H,9H2,1-8H3;10-11,13-14,18H,2-9H2,1H3. The van der Waals surface area contributed by atoms with Crippen molar-refractivity contribution in [1.82, 2.24) is 0 Å². The van der Waals surface area contributed by atoms with E-state index in [0.29, 0.717) is 29.3 Å². The molecule has 4 rings (SSSR count). The van der Waals surface area contributed by atoms with Gasteiger partial charge in [-0.1, -0.05) is 111 Å². The van der Waals surface area contributed by atoms with Gasteiger partial charge >= 0.3 is 0 Å². The summed E-state index contributed by atoms with van der Waals surface area (Å²) in [6.07, 6.45) is 11.4.